The van der Waals surface area contributed by atoms with Gasteiger partial charge in [-0.1, -0.05) is 6.42 Å². The number of benzene rings is 1. The van der Waals surface area contributed by atoms with Crippen LogP contribution in [0, 0.1) is 11.3 Å². The Labute approximate surface area is 169 Å². The van der Waals surface area contributed by atoms with Gasteiger partial charge in [-0.25, -0.2) is 4.98 Å². The van der Waals surface area contributed by atoms with Crippen molar-refractivity contribution in [2.24, 2.45) is 0 Å². The van der Waals surface area contributed by atoms with Gasteiger partial charge in [0, 0.05) is 49.1 Å². The number of nitrogens with zero attached hydrogens (tertiary/aromatic N) is 3. The fourth-order valence-electron chi connectivity index (χ4n) is 4.10. The van der Waals surface area contributed by atoms with Gasteiger partial charge in [0.15, 0.2) is 0 Å². The van der Waals surface area contributed by atoms with E-state index in [1.807, 2.05) is 6.20 Å². The lowest BCUT2D eigenvalue weighted by Crippen LogP contribution is -2.43. The number of rotatable bonds is 4. The largest absolute Gasteiger partial charge is 0.369 e. The number of hydrogen-bond donors (Lipinski definition) is 2. The molecular formula is C22H23N5S. The molecule has 5 nitrogen and oxygen atoms in total. The third-order valence-corrected chi connectivity index (χ3v) is 6.91. The van der Waals surface area contributed by atoms with Crippen LogP contribution in [-0.4, -0.2) is 31.2 Å². The van der Waals surface area contributed by atoms with E-state index in [0.717, 1.165) is 47.3 Å². The Balaban J connectivity index is 1.39. The van der Waals surface area contributed by atoms with Crippen LogP contribution in [0.1, 0.15) is 35.6 Å². The molecule has 28 heavy (non-hydrogen) atoms. The highest BCUT2D eigenvalue weighted by molar-refractivity contribution is 7.19. The standard InChI is InChI=1S/C22H23N5S/c23-13-19-22(15-2-1-3-15)18-12-21(25-14-20(18)28-19)26-16-4-6-17(7-5-16)27-10-8-24-9-11-27/h4-7,12,14-15,24H,1-3,8-11H2,(H,25,26). The summed E-state index contributed by atoms with van der Waals surface area (Å²) in [5.74, 6) is 1.38. The third kappa shape index (κ3) is 3.21. The van der Waals surface area contributed by atoms with E-state index in [-0.39, 0.29) is 0 Å². The Morgan fingerprint density at radius 3 is 2.64 bits per heavy atom. The van der Waals surface area contributed by atoms with Crippen molar-refractivity contribution < 1.29 is 0 Å². The van der Waals surface area contributed by atoms with Crippen LogP contribution in [0.5, 0.6) is 0 Å². The maximum atomic E-state index is 9.54. The fraction of sp³-hybridized carbons (Fsp3) is 0.364. The van der Waals surface area contributed by atoms with Gasteiger partial charge in [-0.2, -0.15) is 5.26 Å². The van der Waals surface area contributed by atoms with Crippen molar-refractivity contribution in [2.45, 2.75) is 25.2 Å². The van der Waals surface area contributed by atoms with E-state index in [1.165, 1.54) is 35.9 Å². The van der Waals surface area contributed by atoms with Crippen LogP contribution in [0.4, 0.5) is 17.2 Å². The molecule has 0 unspecified atom stereocenters. The molecule has 1 aromatic carbocycles. The molecule has 0 atom stereocenters. The van der Waals surface area contributed by atoms with Crippen molar-refractivity contribution in [2.75, 3.05) is 36.4 Å². The number of nitrogens with one attached hydrogen (secondary N) is 2. The molecule has 1 aliphatic carbocycles. The van der Waals surface area contributed by atoms with Crippen LogP contribution in [0.25, 0.3) is 10.1 Å². The van der Waals surface area contributed by atoms with Crippen LogP contribution in [0.2, 0.25) is 0 Å². The first-order valence-electron chi connectivity index (χ1n) is 9.97. The lowest BCUT2D eigenvalue weighted by atomic mass is 9.79. The Hall–Kier alpha value is -2.62. The molecular weight excluding hydrogens is 366 g/mol. The summed E-state index contributed by atoms with van der Waals surface area (Å²) in [6, 6.07) is 13.1. The molecule has 3 aromatic rings. The molecule has 0 amide bonds. The summed E-state index contributed by atoms with van der Waals surface area (Å²) in [6.07, 6.45) is 5.56. The van der Waals surface area contributed by atoms with Crippen LogP contribution in [0.3, 0.4) is 0 Å². The number of hydrogen-bond acceptors (Lipinski definition) is 6. The number of fused-ring (bicyclic) bond motifs is 1. The monoisotopic (exact) mass is 389 g/mol. The van der Waals surface area contributed by atoms with E-state index in [1.54, 1.807) is 11.3 Å². The number of piperazine rings is 1. The third-order valence-electron chi connectivity index (χ3n) is 5.85. The summed E-state index contributed by atoms with van der Waals surface area (Å²) in [5, 5.41) is 17.6. The number of nitriles is 1. The molecule has 0 bridgehead atoms. The van der Waals surface area contributed by atoms with Gasteiger partial charge in [0.1, 0.15) is 16.8 Å². The smallest absolute Gasteiger partial charge is 0.130 e. The summed E-state index contributed by atoms with van der Waals surface area (Å²) in [5.41, 5.74) is 3.54. The second-order valence-corrected chi connectivity index (χ2v) is 8.61. The van der Waals surface area contributed by atoms with Gasteiger partial charge in [0.2, 0.25) is 0 Å². The molecule has 0 spiro atoms. The molecule has 142 valence electrons. The molecule has 0 radical (unpaired) electrons. The Morgan fingerprint density at radius 2 is 1.96 bits per heavy atom. The topological polar surface area (TPSA) is 64.0 Å². The predicted octanol–water partition coefficient (Wildman–Crippen LogP) is 4.59. The molecule has 2 N–H and O–H groups in total. The predicted molar refractivity (Wildman–Crippen MR) is 116 cm³/mol. The van der Waals surface area contributed by atoms with E-state index < -0.39 is 0 Å². The minimum atomic E-state index is 0.539. The van der Waals surface area contributed by atoms with Gasteiger partial charge >= 0.3 is 0 Å². The zero-order chi connectivity index (χ0) is 18.9. The summed E-state index contributed by atoms with van der Waals surface area (Å²) >= 11 is 1.57. The number of thiophene rings is 1. The minimum absolute atomic E-state index is 0.539. The maximum absolute atomic E-state index is 9.54. The first kappa shape index (κ1) is 17.5. The van der Waals surface area contributed by atoms with E-state index in [9.17, 15) is 5.26 Å². The Kier molecular flexibility index (Phi) is 4.63. The summed E-state index contributed by atoms with van der Waals surface area (Å²) in [7, 11) is 0. The number of anilines is 3. The van der Waals surface area contributed by atoms with E-state index in [4.69, 9.17) is 0 Å². The van der Waals surface area contributed by atoms with Crippen molar-refractivity contribution in [3.05, 3.63) is 47.0 Å². The van der Waals surface area contributed by atoms with E-state index >= 15 is 0 Å². The van der Waals surface area contributed by atoms with Crippen molar-refractivity contribution >= 4 is 38.6 Å². The van der Waals surface area contributed by atoms with Crippen LogP contribution < -0.4 is 15.5 Å². The normalized spacial score (nSPS) is 17.3. The van der Waals surface area contributed by atoms with Crippen molar-refractivity contribution in [3.8, 4) is 6.07 Å². The van der Waals surface area contributed by atoms with Crippen molar-refractivity contribution in [1.29, 1.82) is 5.26 Å². The highest BCUT2D eigenvalue weighted by Gasteiger charge is 2.26. The maximum Gasteiger partial charge on any atom is 0.130 e. The van der Waals surface area contributed by atoms with Gasteiger partial charge in [-0.05, 0) is 54.7 Å². The zero-order valence-electron chi connectivity index (χ0n) is 15.7. The van der Waals surface area contributed by atoms with Crippen molar-refractivity contribution in [1.82, 2.24) is 10.3 Å². The highest BCUT2D eigenvalue weighted by Crippen LogP contribution is 2.45. The first-order valence-corrected chi connectivity index (χ1v) is 10.8. The van der Waals surface area contributed by atoms with Gasteiger partial charge in [0.25, 0.3) is 0 Å². The lowest BCUT2D eigenvalue weighted by molar-refractivity contribution is 0.422. The van der Waals surface area contributed by atoms with Gasteiger partial charge in [-0.3, -0.25) is 0 Å². The van der Waals surface area contributed by atoms with Gasteiger partial charge < -0.3 is 15.5 Å². The Morgan fingerprint density at radius 1 is 1.18 bits per heavy atom. The molecule has 2 fully saturated rings. The lowest BCUT2D eigenvalue weighted by Gasteiger charge is -2.29. The quantitative estimate of drug-likeness (QED) is 0.683. The average molecular weight is 390 g/mol. The fourth-order valence-corrected chi connectivity index (χ4v) is 5.14. The molecule has 1 saturated heterocycles. The number of pyridine rings is 1. The molecule has 2 aromatic heterocycles. The first-order chi connectivity index (χ1) is 13.8. The van der Waals surface area contributed by atoms with Crippen molar-refractivity contribution in [3.63, 3.8) is 0 Å². The summed E-state index contributed by atoms with van der Waals surface area (Å²) in [4.78, 5) is 7.84. The van der Waals surface area contributed by atoms with Crippen LogP contribution in [-0.2, 0) is 0 Å². The Bertz CT molecular complexity index is 1020. The van der Waals surface area contributed by atoms with E-state index in [2.05, 4.69) is 56.9 Å². The van der Waals surface area contributed by atoms with Gasteiger partial charge in [0.05, 0.1) is 4.70 Å². The number of aromatic nitrogens is 1. The highest BCUT2D eigenvalue weighted by atomic mass is 32.1. The molecule has 6 heteroatoms. The second kappa shape index (κ2) is 7.42. The second-order valence-electron chi connectivity index (χ2n) is 7.56. The van der Waals surface area contributed by atoms with Crippen LogP contribution >= 0.6 is 11.3 Å². The minimum Gasteiger partial charge on any atom is -0.369 e. The summed E-state index contributed by atoms with van der Waals surface area (Å²) in [6.45, 7) is 4.18. The van der Waals surface area contributed by atoms with E-state index in [0.29, 0.717) is 5.92 Å². The molecule has 3 heterocycles. The molecule has 5 rings (SSSR count). The molecule has 2 aliphatic rings. The molecule has 1 aliphatic heterocycles. The molecule has 1 saturated carbocycles. The summed E-state index contributed by atoms with van der Waals surface area (Å²) < 4.78 is 1.11. The SMILES string of the molecule is N#Cc1sc2cnc(Nc3ccc(N4CCNCC4)cc3)cc2c1C1CCC1. The average Bonchev–Trinajstić information content (AvgIpc) is 3.06. The van der Waals surface area contributed by atoms with Crippen LogP contribution in [0.15, 0.2) is 36.5 Å². The zero-order valence-corrected chi connectivity index (χ0v) is 16.6. The van der Waals surface area contributed by atoms with Gasteiger partial charge in [-0.15, -0.1) is 11.3 Å².